The first-order valence-corrected chi connectivity index (χ1v) is 6.01. The molecule has 6 nitrogen and oxygen atoms in total. The van der Waals surface area contributed by atoms with Crippen LogP contribution in [0.4, 0.5) is 11.4 Å². The summed E-state index contributed by atoms with van der Waals surface area (Å²) in [7, 11) is 0. The summed E-state index contributed by atoms with van der Waals surface area (Å²) in [5, 5.41) is 5.54. The maximum Gasteiger partial charge on any atom is 0.262 e. The summed E-state index contributed by atoms with van der Waals surface area (Å²) in [5.41, 5.74) is 5.54. The van der Waals surface area contributed by atoms with E-state index in [9.17, 15) is 9.59 Å². The quantitative estimate of drug-likeness (QED) is 0.764. The summed E-state index contributed by atoms with van der Waals surface area (Å²) in [5.74, 6) is -0.160. The zero-order valence-electron chi connectivity index (χ0n) is 10.5. The van der Waals surface area contributed by atoms with Crippen LogP contribution in [0, 0.1) is 0 Å². The third-order valence-electron chi connectivity index (χ3n) is 2.54. The molecule has 1 aliphatic heterocycles. The summed E-state index contributed by atoms with van der Waals surface area (Å²) in [6.45, 7) is 3.11. The standard InChI is InChI=1S/C12H14ClN3O3/c1-12(2,14)11(18)16-7-4-9-8(3-6(7)13)15-10(17)5-19-9/h3-4H,5,14H2,1-2H3,(H,15,17)(H,16,18). The van der Waals surface area contributed by atoms with Crippen molar-refractivity contribution in [3.63, 3.8) is 0 Å². The van der Waals surface area contributed by atoms with Crippen LogP contribution in [-0.4, -0.2) is 24.0 Å². The number of nitrogens with one attached hydrogen (secondary N) is 2. The second kappa shape index (κ2) is 4.71. The summed E-state index contributed by atoms with van der Waals surface area (Å²) < 4.78 is 5.25. The number of fused-ring (bicyclic) bond motifs is 1. The second-order valence-electron chi connectivity index (χ2n) is 4.84. The average Bonchev–Trinajstić information content (AvgIpc) is 2.29. The number of amides is 2. The first-order chi connectivity index (χ1) is 8.77. The van der Waals surface area contributed by atoms with Crippen LogP contribution in [0.1, 0.15) is 13.8 Å². The van der Waals surface area contributed by atoms with Crippen molar-refractivity contribution in [2.45, 2.75) is 19.4 Å². The summed E-state index contributed by atoms with van der Waals surface area (Å²) in [6.07, 6.45) is 0. The van der Waals surface area contributed by atoms with Crippen LogP contribution in [-0.2, 0) is 9.59 Å². The van der Waals surface area contributed by atoms with Crippen LogP contribution in [0.25, 0.3) is 0 Å². The number of carbonyl (C=O) groups is 2. The van der Waals surface area contributed by atoms with Gasteiger partial charge in [0.2, 0.25) is 5.91 Å². The van der Waals surface area contributed by atoms with E-state index in [-0.39, 0.29) is 18.4 Å². The number of carbonyl (C=O) groups excluding carboxylic acids is 2. The van der Waals surface area contributed by atoms with Gasteiger partial charge in [-0.15, -0.1) is 0 Å². The highest BCUT2D eigenvalue weighted by molar-refractivity contribution is 6.34. The molecule has 0 saturated heterocycles. The van der Waals surface area contributed by atoms with Crippen molar-refractivity contribution in [3.8, 4) is 5.75 Å². The topological polar surface area (TPSA) is 93.5 Å². The van der Waals surface area contributed by atoms with E-state index in [1.54, 1.807) is 19.9 Å². The molecule has 2 amide bonds. The van der Waals surface area contributed by atoms with Gasteiger partial charge in [-0.25, -0.2) is 0 Å². The highest BCUT2D eigenvalue weighted by atomic mass is 35.5. The molecule has 0 fully saturated rings. The molecule has 102 valence electrons. The lowest BCUT2D eigenvalue weighted by Gasteiger charge is -2.22. The molecular weight excluding hydrogens is 270 g/mol. The van der Waals surface area contributed by atoms with Crippen LogP contribution in [0.5, 0.6) is 5.75 Å². The number of hydrogen-bond acceptors (Lipinski definition) is 4. The van der Waals surface area contributed by atoms with Gasteiger partial charge in [0.25, 0.3) is 5.91 Å². The molecule has 19 heavy (non-hydrogen) atoms. The van der Waals surface area contributed by atoms with E-state index >= 15 is 0 Å². The molecule has 4 N–H and O–H groups in total. The number of benzene rings is 1. The van der Waals surface area contributed by atoms with Crippen LogP contribution >= 0.6 is 11.6 Å². The number of nitrogens with two attached hydrogens (primary N) is 1. The minimum Gasteiger partial charge on any atom is -0.482 e. The minimum absolute atomic E-state index is 0.0651. The first-order valence-electron chi connectivity index (χ1n) is 5.64. The third kappa shape index (κ3) is 2.97. The van der Waals surface area contributed by atoms with Crippen molar-refractivity contribution in [1.29, 1.82) is 0 Å². The Labute approximate surface area is 115 Å². The van der Waals surface area contributed by atoms with Gasteiger partial charge in [0.1, 0.15) is 5.75 Å². The molecule has 0 aliphatic carbocycles. The molecule has 0 unspecified atom stereocenters. The lowest BCUT2D eigenvalue weighted by molar-refractivity contribution is -0.120. The van der Waals surface area contributed by atoms with Gasteiger partial charge in [0.15, 0.2) is 6.61 Å². The predicted molar refractivity (Wildman–Crippen MR) is 72.5 cm³/mol. The third-order valence-corrected chi connectivity index (χ3v) is 2.85. The van der Waals surface area contributed by atoms with Gasteiger partial charge in [0, 0.05) is 6.07 Å². The fourth-order valence-corrected chi connectivity index (χ4v) is 1.69. The van der Waals surface area contributed by atoms with Gasteiger partial charge >= 0.3 is 0 Å². The molecule has 2 rings (SSSR count). The molecule has 0 saturated carbocycles. The molecule has 1 aromatic rings. The van der Waals surface area contributed by atoms with Gasteiger partial charge in [-0.2, -0.15) is 0 Å². The van der Waals surface area contributed by atoms with Crippen molar-refractivity contribution in [2.75, 3.05) is 17.2 Å². The Morgan fingerprint density at radius 1 is 1.53 bits per heavy atom. The van der Waals surface area contributed by atoms with E-state index in [1.165, 1.54) is 6.07 Å². The van der Waals surface area contributed by atoms with Crippen molar-refractivity contribution in [3.05, 3.63) is 17.2 Å². The number of halogens is 1. The van der Waals surface area contributed by atoms with E-state index < -0.39 is 5.54 Å². The Balaban J connectivity index is 2.28. The maximum absolute atomic E-state index is 11.8. The predicted octanol–water partition coefficient (Wildman–Crippen LogP) is 1.35. The average molecular weight is 284 g/mol. The molecule has 0 spiro atoms. The SMILES string of the molecule is CC(C)(N)C(=O)Nc1cc2c(cc1Cl)NC(=O)CO2. The molecule has 0 aromatic heterocycles. The van der Waals surface area contributed by atoms with Gasteiger partial charge in [0.05, 0.1) is 21.9 Å². The first kappa shape index (κ1) is 13.6. The lowest BCUT2D eigenvalue weighted by Crippen LogP contribution is -2.45. The van der Waals surface area contributed by atoms with E-state index in [4.69, 9.17) is 22.1 Å². The Morgan fingerprint density at radius 2 is 2.21 bits per heavy atom. The second-order valence-corrected chi connectivity index (χ2v) is 5.25. The maximum atomic E-state index is 11.8. The van der Waals surface area contributed by atoms with Gasteiger partial charge in [-0.3, -0.25) is 9.59 Å². The van der Waals surface area contributed by atoms with Crippen molar-refractivity contribution >= 4 is 34.8 Å². The Bertz CT molecular complexity index is 552. The number of hydrogen-bond donors (Lipinski definition) is 3. The number of rotatable bonds is 2. The molecule has 0 atom stereocenters. The van der Waals surface area contributed by atoms with Gasteiger partial charge in [-0.05, 0) is 19.9 Å². The summed E-state index contributed by atoms with van der Waals surface area (Å²) in [4.78, 5) is 23.0. The number of anilines is 2. The Kier molecular flexibility index (Phi) is 3.38. The van der Waals surface area contributed by atoms with Crippen LogP contribution in [0.2, 0.25) is 5.02 Å². The van der Waals surface area contributed by atoms with Crippen LogP contribution in [0.15, 0.2) is 12.1 Å². The zero-order chi connectivity index (χ0) is 14.2. The van der Waals surface area contributed by atoms with Crippen molar-refractivity contribution in [2.24, 2.45) is 5.73 Å². The molecule has 7 heteroatoms. The highest BCUT2D eigenvalue weighted by Gasteiger charge is 2.24. The van der Waals surface area contributed by atoms with Gasteiger partial charge < -0.3 is 21.1 Å². The summed E-state index contributed by atoms with van der Waals surface area (Å²) in [6, 6.07) is 3.08. The van der Waals surface area contributed by atoms with E-state index in [0.717, 1.165) is 0 Å². The molecule has 1 aromatic carbocycles. The Morgan fingerprint density at radius 3 is 2.84 bits per heavy atom. The van der Waals surface area contributed by atoms with Crippen LogP contribution in [0.3, 0.4) is 0 Å². The fourth-order valence-electron chi connectivity index (χ4n) is 1.48. The minimum atomic E-state index is -1.02. The monoisotopic (exact) mass is 283 g/mol. The fraction of sp³-hybridized carbons (Fsp3) is 0.333. The summed E-state index contributed by atoms with van der Waals surface area (Å²) >= 11 is 6.04. The largest absolute Gasteiger partial charge is 0.482 e. The van der Waals surface area contributed by atoms with Crippen LogP contribution < -0.4 is 21.1 Å². The van der Waals surface area contributed by atoms with E-state index in [0.29, 0.717) is 22.1 Å². The molecule has 1 heterocycles. The van der Waals surface area contributed by atoms with E-state index in [1.807, 2.05) is 0 Å². The Hall–Kier alpha value is -1.79. The van der Waals surface area contributed by atoms with E-state index in [2.05, 4.69) is 10.6 Å². The zero-order valence-corrected chi connectivity index (χ0v) is 11.3. The van der Waals surface area contributed by atoms with Gasteiger partial charge in [-0.1, -0.05) is 11.6 Å². The van der Waals surface area contributed by atoms with Crippen molar-refractivity contribution in [1.82, 2.24) is 0 Å². The lowest BCUT2D eigenvalue weighted by atomic mass is 10.1. The number of ether oxygens (including phenoxy) is 1. The molecular formula is C12H14ClN3O3. The molecule has 0 radical (unpaired) electrons. The smallest absolute Gasteiger partial charge is 0.262 e. The van der Waals surface area contributed by atoms with Crippen molar-refractivity contribution < 1.29 is 14.3 Å². The normalized spacial score (nSPS) is 14.2. The molecule has 0 bridgehead atoms. The highest BCUT2D eigenvalue weighted by Crippen LogP contribution is 2.36. The molecule has 1 aliphatic rings.